The fourth-order valence-electron chi connectivity index (χ4n) is 2.79. The Hall–Kier alpha value is -1.97. The summed E-state index contributed by atoms with van der Waals surface area (Å²) in [5.74, 6) is 1.19. The van der Waals surface area contributed by atoms with Crippen LogP contribution in [0.25, 0.3) is 6.08 Å². The average Bonchev–Trinajstić information content (AvgIpc) is 2.65. The fourth-order valence-corrected chi connectivity index (χ4v) is 2.79. The van der Waals surface area contributed by atoms with Gasteiger partial charge < -0.3 is 14.2 Å². The van der Waals surface area contributed by atoms with Crippen molar-refractivity contribution in [3.8, 4) is 11.5 Å². The molecule has 0 atom stereocenters. The first-order valence-corrected chi connectivity index (χ1v) is 11.2. The van der Waals surface area contributed by atoms with Crippen LogP contribution in [0.15, 0.2) is 24.3 Å². The summed E-state index contributed by atoms with van der Waals surface area (Å²) in [4.78, 5) is 12.0. The maximum Gasteiger partial charge on any atom is 0.331 e. The van der Waals surface area contributed by atoms with E-state index in [4.69, 9.17) is 14.2 Å². The van der Waals surface area contributed by atoms with Gasteiger partial charge in [-0.2, -0.15) is 0 Å². The quantitative estimate of drug-likeness (QED) is 0.191. The van der Waals surface area contributed by atoms with Gasteiger partial charge >= 0.3 is 5.97 Å². The van der Waals surface area contributed by atoms with Gasteiger partial charge in [-0.15, -0.1) is 0 Å². The average molecular weight is 405 g/mol. The lowest BCUT2D eigenvalue weighted by atomic mass is 10.1. The van der Waals surface area contributed by atoms with Crippen LogP contribution < -0.4 is 9.47 Å². The molecule has 29 heavy (non-hydrogen) atoms. The van der Waals surface area contributed by atoms with Crippen LogP contribution >= 0.6 is 0 Å². The van der Waals surface area contributed by atoms with Crippen LogP contribution in [0, 0.1) is 0 Å². The molecule has 0 aliphatic carbocycles. The molecule has 164 valence electrons. The Balaban J connectivity index is 2.76. The van der Waals surface area contributed by atoms with Crippen molar-refractivity contribution in [2.24, 2.45) is 0 Å². The number of ether oxygens (including phenoxy) is 3. The van der Waals surface area contributed by atoms with Crippen LogP contribution in [0.5, 0.6) is 11.5 Å². The second kappa shape index (κ2) is 14.1. The summed E-state index contributed by atoms with van der Waals surface area (Å²) in [6, 6.07) is 5.79. The number of hydrogen-bond donors (Lipinski definition) is 0. The third kappa shape index (κ3) is 12.2. The molecule has 0 aromatic heterocycles. The predicted molar refractivity (Wildman–Crippen MR) is 121 cm³/mol. The number of hydrogen-bond acceptors (Lipinski definition) is 4. The molecule has 1 aromatic carbocycles. The van der Waals surface area contributed by atoms with Gasteiger partial charge in [-0.1, -0.05) is 52.4 Å². The monoisotopic (exact) mass is 404 g/mol. The summed E-state index contributed by atoms with van der Waals surface area (Å²) in [5, 5.41) is 0. The van der Waals surface area contributed by atoms with Crippen molar-refractivity contribution in [3.05, 3.63) is 29.8 Å². The highest BCUT2D eigenvalue weighted by Crippen LogP contribution is 2.27. The predicted octanol–water partition coefficient (Wildman–Crippen LogP) is 6.96. The number of rotatable bonds is 14. The van der Waals surface area contributed by atoms with Crippen molar-refractivity contribution in [2.75, 3.05) is 13.2 Å². The standard InChI is InChI=1S/C25H40O4/c1-6-8-10-12-18-27-22-16-14-21(15-17-24(26)29-25(3,4)5)23(20-22)28-19-13-11-9-7-2/h14-17,20H,6-13,18-19H2,1-5H3. The summed E-state index contributed by atoms with van der Waals surface area (Å²) in [7, 11) is 0. The lowest BCUT2D eigenvalue weighted by Gasteiger charge is -2.18. The Morgan fingerprint density at radius 1 is 0.897 bits per heavy atom. The molecule has 1 rings (SSSR count). The number of carbonyl (C=O) groups is 1. The van der Waals surface area contributed by atoms with Crippen molar-refractivity contribution in [3.63, 3.8) is 0 Å². The molecule has 0 aliphatic rings. The van der Waals surface area contributed by atoms with Crippen molar-refractivity contribution in [1.29, 1.82) is 0 Å². The number of unbranched alkanes of at least 4 members (excludes halogenated alkanes) is 6. The van der Waals surface area contributed by atoms with Gasteiger partial charge in [-0.05, 0) is 51.8 Å². The van der Waals surface area contributed by atoms with Crippen LogP contribution in [0.4, 0.5) is 0 Å². The molecular formula is C25H40O4. The van der Waals surface area contributed by atoms with Crippen molar-refractivity contribution in [2.45, 2.75) is 91.6 Å². The Labute approximate surface area is 177 Å². The molecule has 0 N–H and O–H groups in total. The SMILES string of the molecule is CCCCCCOc1ccc(C=CC(=O)OC(C)(C)C)c(OCCCCCC)c1. The van der Waals surface area contributed by atoms with Gasteiger partial charge in [0.2, 0.25) is 0 Å². The van der Waals surface area contributed by atoms with E-state index in [-0.39, 0.29) is 5.97 Å². The highest BCUT2D eigenvalue weighted by atomic mass is 16.6. The third-order valence-corrected chi connectivity index (χ3v) is 4.31. The van der Waals surface area contributed by atoms with Crippen molar-refractivity contribution >= 4 is 12.0 Å². The Morgan fingerprint density at radius 2 is 1.52 bits per heavy atom. The molecule has 0 saturated heterocycles. The molecule has 0 heterocycles. The minimum Gasteiger partial charge on any atom is -0.493 e. The van der Waals surface area contributed by atoms with E-state index in [0.717, 1.165) is 36.3 Å². The zero-order chi connectivity index (χ0) is 21.5. The van der Waals surface area contributed by atoms with Crippen LogP contribution in [0.1, 0.15) is 91.5 Å². The van der Waals surface area contributed by atoms with E-state index < -0.39 is 5.60 Å². The molecule has 0 aliphatic heterocycles. The minimum atomic E-state index is -0.504. The van der Waals surface area contributed by atoms with Gasteiger partial charge in [0.05, 0.1) is 13.2 Å². The zero-order valence-corrected chi connectivity index (χ0v) is 19.1. The van der Waals surface area contributed by atoms with Crippen LogP contribution in [0.2, 0.25) is 0 Å². The summed E-state index contributed by atoms with van der Waals surface area (Å²) < 4.78 is 17.3. The van der Waals surface area contributed by atoms with E-state index >= 15 is 0 Å². The van der Waals surface area contributed by atoms with Gasteiger partial charge in [-0.25, -0.2) is 4.79 Å². The smallest absolute Gasteiger partial charge is 0.331 e. The second-order valence-electron chi connectivity index (χ2n) is 8.38. The zero-order valence-electron chi connectivity index (χ0n) is 19.1. The lowest BCUT2D eigenvalue weighted by molar-refractivity contribution is -0.148. The third-order valence-electron chi connectivity index (χ3n) is 4.31. The summed E-state index contributed by atoms with van der Waals surface area (Å²) >= 11 is 0. The van der Waals surface area contributed by atoms with E-state index in [1.807, 2.05) is 39.0 Å². The van der Waals surface area contributed by atoms with Gasteiger partial charge in [0.15, 0.2) is 0 Å². The maximum absolute atomic E-state index is 12.0. The second-order valence-corrected chi connectivity index (χ2v) is 8.38. The van der Waals surface area contributed by atoms with Gasteiger partial charge in [0, 0.05) is 17.7 Å². The first-order valence-electron chi connectivity index (χ1n) is 11.2. The van der Waals surface area contributed by atoms with E-state index in [1.54, 1.807) is 6.08 Å². The Morgan fingerprint density at radius 3 is 2.10 bits per heavy atom. The molecular weight excluding hydrogens is 364 g/mol. The number of benzene rings is 1. The first-order chi connectivity index (χ1) is 13.9. The Kier molecular flexibility index (Phi) is 12.2. The van der Waals surface area contributed by atoms with Gasteiger partial charge in [-0.3, -0.25) is 0 Å². The molecule has 0 spiro atoms. The van der Waals surface area contributed by atoms with Crippen LogP contribution in [-0.2, 0) is 9.53 Å². The van der Waals surface area contributed by atoms with E-state index in [1.165, 1.54) is 38.2 Å². The normalized spacial score (nSPS) is 11.6. The Bertz CT molecular complexity index is 614. The maximum atomic E-state index is 12.0. The molecule has 0 amide bonds. The highest BCUT2D eigenvalue weighted by Gasteiger charge is 2.14. The lowest BCUT2D eigenvalue weighted by Crippen LogP contribution is -2.22. The molecule has 1 aromatic rings. The van der Waals surface area contributed by atoms with Crippen molar-refractivity contribution < 1.29 is 19.0 Å². The molecule has 0 saturated carbocycles. The van der Waals surface area contributed by atoms with E-state index in [2.05, 4.69) is 13.8 Å². The molecule has 0 radical (unpaired) electrons. The largest absolute Gasteiger partial charge is 0.493 e. The van der Waals surface area contributed by atoms with Crippen LogP contribution in [0.3, 0.4) is 0 Å². The fraction of sp³-hybridized carbons (Fsp3) is 0.640. The van der Waals surface area contributed by atoms with E-state index in [9.17, 15) is 4.79 Å². The molecule has 4 nitrogen and oxygen atoms in total. The summed E-state index contributed by atoms with van der Waals surface area (Å²) in [6.45, 7) is 11.3. The molecule has 0 unspecified atom stereocenters. The molecule has 4 heteroatoms. The van der Waals surface area contributed by atoms with Gasteiger partial charge in [0.1, 0.15) is 17.1 Å². The first kappa shape index (κ1) is 25.1. The number of esters is 1. The van der Waals surface area contributed by atoms with Crippen molar-refractivity contribution in [1.82, 2.24) is 0 Å². The number of carbonyl (C=O) groups excluding carboxylic acids is 1. The highest BCUT2D eigenvalue weighted by molar-refractivity contribution is 5.88. The van der Waals surface area contributed by atoms with Gasteiger partial charge in [0.25, 0.3) is 0 Å². The molecule has 0 fully saturated rings. The summed E-state index contributed by atoms with van der Waals surface area (Å²) in [6.07, 6.45) is 12.5. The van der Waals surface area contributed by atoms with Crippen LogP contribution in [-0.4, -0.2) is 24.8 Å². The minimum absolute atomic E-state index is 0.359. The van der Waals surface area contributed by atoms with E-state index in [0.29, 0.717) is 13.2 Å². The summed E-state index contributed by atoms with van der Waals surface area (Å²) in [5.41, 5.74) is 0.347. The topological polar surface area (TPSA) is 44.8 Å². The molecule has 0 bridgehead atoms.